The van der Waals surface area contributed by atoms with Gasteiger partial charge in [0.25, 0.3) is 0 Å². The lowest BCUT2D eigenvalue weighted by Crippen LogP contribution is -2.32. The normalized spacial score (nSPS) is 20.8. The van der Waals surface area contributed by atoms with Crippen LogP contribution in [-0.4, -0.2) is 21.8 Å². The number of rotatable bonds is 3. The van der Waals surface area contributed by atoms with Crippen LogP contribution in [0.5, 0.6) is 5.75 Å². The maximum Gasteiger partial charge on any atom is 0.182 e. The minimum atomic E-state index is -0.708. The first-order chi connectivity index (χ1) is 16.1. The van der Waals surface area contributed by atoms with Crippen molar-refractivity contribution in [1.29, 1.82) is 0 Å². The zero-order valence-corrected chi connectivity index (χ0v) is 19.4. The van der Waals surface area contributed by atoms with Gasteiger partial charge in [-0.05, 0) is 43.5 Å². The SMILES string of the molecule is OC1(c2cc3nccc(-c4cc(Cl)cc5c4O[C@@H](c4onc6c4CNCC6)C5)c3s2)CCC1. The van der Waals surface area contributed by atoms with E-state index in [2.05, 4.69) is 15.5 Å². The highest BCUT2D eigenvalue weighted by atomic mass is 35.5. The van der Waals surface area contributed by atoms with Crippen LogP contribution in [0.4, 0.5) is 0 Å². The fraction of sp³-hybridized carbons (Fsp3) is 0.360. The maximum atomic E-state index is 10.9. The van der Waals surface area contributed by atoms with Gasteiger partial charge >= 0.3 is 0 Å². The number of benzene rings is 1. The number of hydrogen-bond donors (Lipinski definition) is 2. The largest absolute Gasteiger partial charge is 0.481 e. The molecule has 0 saturated heterocycles. The summed E-state index contributed by atoms with van der Waals surface area (Å²) in [6.45, 7) is 1.67. The Balaban J connectivity index is 1.32. The Labute approximate surface area is 199 Å². The van der Waals surface area contributed by atoms with Crippen LogP contribution in [0.25, 0.3) is 21.3 Å². The average molecular weight is 480 g/mol. The lowest BCUT2D eigenvalue weighted by molar-refractivity contribution is -0.0353. The van der Waals surface area contributed by atoms with Gasteiger partial charge < -0.3 is 19.7 Å². The molecule has 2 aliphatic heterocycles. The Morgan fingerprint density at radius 2 is 2.12 bits per heavy atom. The molecule has 1 fully saturated rings. The second-order valence-electron chi connectivity index (χ2n) is 9.22. The summed E-state index contributed by atoms with van der Waals surface area (Å²) >= 11 is 8.20. The van der Waals surface area contributed by atoms with Crippen molar-refractivity contribution in [3.63, 3.8) is 0 Å². The topological polar surface area (TPSA) is 80.4 Å². The molecule has 168 valence electrons. The lowest BCUT2D eigenvalue weighted by Gasteiger charge is -2.35. The third kappa shape index (κ3) is 3.06. The van der Waals surface area contributed by atoms with Gasteiger partial charge in [0.05, 0.1) is 21.5 Å². The van der Waals surface area contributed by atoms with E-state index >= 15 is 0 Å². The predicted molar refractivity (Wildman–Crippen MR) is 127 cm³/mol. The zero-order chi connectivity index (χ0) is 22.2. The van der Waals surface area contributed by atoms with E-state index in [1.807, 2.05) is 30.5 Å². The molecule has 8 heteroatoms. The number of hydrogen-bond acceptors (Lipinski definition) is 7. The molecule has 5 heterocycles. The number of pyridine rings is 1. The fourth-order valence-corrected chi connectivity index (χ4v) is 6.75. The second kappa shape index (κ2) is 7.27. The van der Waals surface area contributed by atoms with E-state index in [4.69, 9.17) is 20.9 Å². The molecule has 0 unspecified atom stereocenters. The Morgan fingerprint density at radius 1 is 1.21 bits per heavy atom. The van der Waals surface area contributed by atoms with Gasteiger partial charge in [0.1, 0.15) is 5.75 Å². The van der Waals surface area contributed by atoms with Gasteiger partial charge in [0.2, 0.25) is 0 Å². The first-order valence-corrected chi connectivity index (χ1v) is 12.6. The number of aromatic nitrogens is 2. The van der Waals surface area contributed by atoms with Crippen LogP contribution in [0.15, 0.2) is 35.0 Å². The van der Waals surface area contributed by atoms with Crippen LogP contribution < -0.4 is 10.1 Å². The number of ether oxygens (including phenoxy) is 1. The summed E-state index contributed by atoms with van der Waals surface area (Å²) in [5.41, 5.74) is 5.38. The molecule has 3 aromatic heterocycles. The molecule has 3 aliphatic rings. The third-order valence-corrected chi connectivity index (χ3v) is 8.74. The van der Waals surface area contributed by atoms with Crippen LogP contribution in [0.1, 0.15) is 52.8 Å². The number of nitrogens with zero attached hydrogens (tertiary/aromatic N) is 2. The van der Waals surface area contributed by atoms with Gasteiger partial charge in [0, 0.05) is 64.3 Å². The molecule has 1 aliphatic carbocycles. The minimum Gasteiger partial charge on any atom is -0.481 e. The summed E-state index contributed by atoms with van der Waals surface area (Å²) in [7, 11) is 0. The molecule has 6 nitrogen and oxygen atoms in total. The highest BCUT2D eigenvalue weighted by Gasteiger charge is 2.38. The van der Waals surface area contributed by atoms with E-state index in [1.165, 1.54) is 0 Å². The van der Waals surface area contributed by atoms with Crippen molar-refractivity contribution in [2.24, 2.45) is 0 Å². The number of thiophene rings is 1. The monoisotopic (exact) mass is 479 g/mol. The molecule has 0 bridgehead atoms. The van der Waals surface area contributed by atoms with Crippen molar-refractivity contribution < 1.29 is 14.4 Å². The van der Waals surface area contributed by atoms with Crippen molar-refractivity contribution in [2.75, 3.05) is 6.54 Å². The molecule has 1 atom stereocenters. The molecule has 0 spiro atoms. The zero-order valence-electron chi connectivity index (χ0n) is 17.9. The van der Waals surface area contributed by atoms with E-state index in [-0.39, 0.29) is 6.10 Å². The molecule has 4 aromatic rings. The van der Waals surface area contributed by atoms with E-state index in [9.17, 15) is 5.11 Å². The smallest absolute Gasteiger partial charge is 0.182 e. The second-order valence-corrected chi connectivity index (χ2v) is 10.7. The van der Waals surface area contributed by atoms with Crippen LogP contribution in [-0.2, 0) is 25.0 Å². The Kier molecular flexibility index (Phi) is 4.40. The predicted octanol–water partition coefficient (Wildman–Crippen LogP) is 5.30. The van der Waals surface area contributed by atoms with E-state index < -0.39 is 5.60 Å². The van der Waals surface area contributed by atoms with E-state index in [0.717, 1.165) is 93.3 Å². The molecule has 1 saturated carbocycles. The van der Waals surface area contributed by atoms with Gasteiger partial charge in [-0.25, -0.2) is 0 Å². The minimum absolute atomic E-state index is 0.222. The van der Waals surface area contributed by atoms with E-state index in [1.54, 1.807) is 11.3 Å². The molecular formula is C25H22ClN3O3S. The summed E-state index contributed by atoms with van der Waals surface area (Å²) in [6, 6.07) is 7.99. The molecule has 0 amide bonds. The number of aliphatic hydroxyl groups is 1. The summed E-state index contributed by atoms with van der Waals surface area (Å²) in [5.74, 6) is 1.64. The molecule has 2 N–H and O–H groups in total. The summed E-state index contributed by atoms with van der Waals surface area (Å²) < 4.78 is 13.3. The van der Waals surface area contributed by atoms with Crippen LogP contribution in [0.2, 0.25) is 5.02 Å². The molecule has 1 aromatic carbocycles. The highest BCUT2D eigenvalue weighted by Crippen LogP contribution is 2.50. The van der Waals surface area contributed by atoms with Crippen molar-refractivity contribution >= 4 is 33.2 Å². The van der Waals surface area contributed by atoms with Crippen LogP contribution in [0, 0.1) is 0 Å². The Bertz CT molecular complexity index is 1410. The number of halogens is 1. The van der Waals surface area contributed by atoms with Gasteiger partial charge in [0.15, 0.2) is 11.9 Å². The van der Waals surface area contributed by atoms with Crippen molar-refractivity contribution in [1.82, 2.24) is 15.5 Å². The molecule has 7 rings (SSSR count). The van der Waals surface area contributed by atoms with Gasteiger partial charge in [-0.15, -0.1) is 11.3 Å². The van der Waals surface area contributed by atoms with Gasteiger partial charge in [-0.3, -0.25) is 4.98 Å². The molecule has 0 radical (unpaired) electrons. The van der Waals surface area contributed by atoms with Gasteiger partial charge in [-0.2, -0.15) is 0 Å². The number of fused-ring (bicyclic) bond motifs is 3. The summed E-state index contributed by atoms with van der Waals surface area (Å²) in [6.07, 6.45) is 5.83. The highest BCUT2D eigenvalue weighted by molar-refractivity contribution is 7.19. The maximum absolute atomic E-state index is 10.9. The Hall–Kier alpha value is -2.45. The standard InChI is InChI=1S/C25H22ClN3O3S/c26-14-8-13-9-20(23-17-12-27-6-3-18(17)29-32-23)31-22(13)16(10-14)15-2-7-28-19-11-21(33-24(15)19)25(30)4-1-5-25/h2,7-8,10-11,20,27,30H,1,3-6,9,12H2/t20-/m1/s1. The summed E-state index contributed by atoms with van der Waals surface area (Å²) in [4.78, 5) is 5.56. The van der Waals surface area contributed by atoms with Crippen LogP contribution in [0.3, 0.4) is 0 Å². The average Bonchev–Trinajstić information content (AvgIpc) is 3.52. The van der Waals surface area contributed by atoms with E-state index in [0.29, 0.717) is 11.4 Å². The molecular weight excluding hydrogens is 458 g/mol. The first kappa shape index (κ1) is 20.0. The van der Waals surface area contributed by atoms with Crippen molar-refractivity contribution in [3.8, 4) is 16.9 Å². The summed E-state index contributed by atoms with van der Waals surface area (Å²) in [5, 5.41) is 19.3. The quantitative estimate of drug-likeness (QED) is 0.415. The van der Waals surface area contributed by atoms with Crippen LogP contribution >= 0.6 is 22.9 Å². The number of nitrogens with one attached hydrogen (secondary N) is 1. The van der Waals surface area contributed by atoms with Crippen molar-refractivity contribution in [3.05, 3.63) is 62.9 Å². The lowest BCUT2D eigenvalue weighted by atomic mass is 9.79. The molecule has 33 heavy (non-hydrogen) atoms. The first-order valence-electron chi connectivity index (χ1n) is 11.4. The van der Waals surface area contributed by atoms with Gasteiger partial charge in [-0.1, -0.05) is 16.8 Å². The fourth-order valence-electron chi connectivity index (χ4n) is 5.22. The van der Waals surface area contributed by atoms with Crippen molar-refractivity contribution in [2.45, 2.75) is 50.4 Å². The third-order valence-electron chi connectivity index (χ3n) is 7.17. The Morgan fingerprint density at radius 3 is 2.97 bits per heavy atom.